The van der Waals surface area contributed by atoms with Gasteiger partial charge in [0.25, 0.3) is 0 Å². The van der Waals surface area contributed by atoms with Crippen LogP contribution in [0.15, 0.2) is 72.0 Å². The molecule has 0 aliphatic heterocycles. The highest BCUT2D eigenvalue weighted by Crippen LogP contribution is 2.30. The summed E-state index contributed by atoms with van der Waals surface area (Å²) in [5, 5.41) is 0. The van der Waals surface area contributed by atoms with Crippen molar-refractivity contribution in [3.05, 3.63) is 83.1 Å². The molecule has 0 heteroatoms. The fraction of sp³-hybridized carbons (Fsp3) is 0.318. The summed E-state index contributed by atoms with van der Waals surface area (Å²) >= 11 is 0. The third-order valence-corrected chi connectivity index (χ3v) is 3.96. The average Bonchev–Trinajstić information content (AvgIpc) is 2.53. The molecule has 0 fully saturated rings. The minimum atomic E-state index is 0.303. The van der Waals surface area contributed by atoms with E-state index in [-0.39, 0.29) is 0 Å². The Morgan fingerprint density at radius 3 is 2.18 bits per heavy atom. The highest BCUT2D eigenvalue weighted by Gasteiger charge is 2.18. The number of aryl methyl sites for hydroxylation is 1. The zero-order valence-electron chi connectivity index (χ0n) is 14.0. The molecule has 22 heavy (non-hydrogen) atoms. The largest absolute Gasteiger partial charge is 0.121 e. The third kappa shape index (κ3) is 5.76. The van der Waals surface area contributed by atoms with Crippen molar-refractivity contribution in [1.29, 1.82) is 0 Å². The van der Waals surface area contributed by atoms with Gasteiger partial charge in [-0.3, -0.25) is 0 Å². The molecular formula is C22H26. The monoisotopic (exact) mass is 290 g/mol. The van der Waals surface area contributed by atoms with E-state index in [1.807, 2.05) is 6.07 Å². The van der Waals surface area contributed by atoms with E-state index in [0.29, 0.717) is 5.41 Å². The number of rotatable bonds is 6. The van der Waals surface area contributed by atoms with Gasteiger partial charge in [-0.05, 0) is 54.4 Å². The summed E-state index contributed by atoms with van der Waals surface area (Å²) in [5.41, 5.74) is 7.71. The maximum atomic E-state index is 3.44. The summed E-state index contributed by atoms with van der Waals surface area (Å²) in [4.78, 5) is 0. The quantitative estimate of drug-likeness (QED) is 0.548. The Balaban J connectivity index is 1.94. The third-order valence-electron chi connectivity index (χ3n) is 3.96. The summed E-state index contributed by atoms with van der Waals surface area (Å²) in [6, 6.07) is 21.1. The van der Waals surface area contributed by atoms with E-state index >= 15 is 0 Å². The molecule has 114 valence electrons. The summed E-state index contributed by atoms with van der Waals surface area (Å²) in [7, 11) is 0. The van der Waals surface area contributed by atoms with Gasteiger partial charge in [0, 0.05) is 0 Å². The van der Waals surface area contributed by atoms with Crippen LogP contribution in [0.25, 0.3) is 6.08 Å². The molecule has 0 unspecified atom stereocenters. The molecule has 2 aromatic rings. The SMILES string of the molecule is CC(=C=Cc1ccccc1)CC(C)(C)CCc1ccccc1. The van der Waals surface area contributed by atoms with E-state index in [1.165, 1.54) is 23.1 Å². The molecular weight excluding hydrogens is 264 g/mol. The van der Waals surface area contributed by atoms with E-state index < -0.39 is 0 Å². The molecule has 2 aromatic carbocycles. The standard InChI is InChI=1S/C22H26/c1-19(14-15-20-10-6-4-7-11-20)18-22(2,3)17-16-21-12-8-5-9-13-21/h4-13,15H,16-18H2,1-3H3. The van der Waals surface area contributed by atoms with E-state index in [0.717, 1.165) is 12.8 Å². The summed E-state index contributed by atoms with van der Waals surface area (Å²) in [6.45, 7) is 6.89. The van der Waals surface area contributed by atoms with Crippen molar-refractivity contribution in [2.24, 2.45) is 5.41 Å². The van der Waals surface area contributed by atoms with Crippen molar-refractivity contribution in [2.45, 2.75) is 40.0 Å². The predicted octanol–water partition coefficient (Wildman–Crippen LogP) is 6.29. The van der Waals surface area contributed by atoms with Gasteiger partial charge in [-0.25, -0.2) is 0 Å². The van der Waals surface area contributed by atoms with Crippen LogP contribution in [0, 0.1) is 5.41 Å². The summed E-state index contributed by atoms with van der Waals surface area (Å²) in [6.07, 6.45) is 5.51. The molecule has 0 amide bonds. The second-order valence-electron chi connectivity index (χ2n) is 6.81. The van der Waals surface area contributed by atoms with Gasteiger partial charge in [0.05, 0.1) is 0 Å². The maximum Gasteiger partial charge on any atom is -0.0128 e. The first-order chi connectivity index (χ1) is 10.6. The molecule has 2 rings (SSSR count). The van der Waals surface area contributed by atoms with E-state index in [9.17, 15) is 0 Å². The van der Waals surface area contributed by atoms with Gasteiger partial charge < -0.3 is 0 Å². The van der Waals surface area contributed by atoms with E-state index in [4.69, 9.17) is 0 Å². The average molecular weight is 290 g/mol. The van der Waals surface area contributed by atoms with Gasteiger partial charge in [0.2, 0.25) is 0 Å². The van der Waals surface area contributed by atoms with Crippen molar-refractivity contribution >= 4 is 6.08 Å². The topological polar surface area (TPSA) is 0 Å². The van der Waals surface area contributed by atoms with Crippen LogP contribution in [0.4, 0.5) is 0 Å². The van der Waals surface area contributed by atoms with Crippen molar-refractivity contribution in [3.63, 3.8) is 0 Å². The predicted molar refractivity (Wildman–Crippen MR) is 96.8 cm³/mol. The van der Waals surface area contributed by atoms with Crippen LogP contribution >= 0.6 is 0 Å². The summed E-state index contributed by atoms with van der Waals surface area (Å²) in [5.74, 6) is 0. The Morgan fingerprint density at radius 2 is 1.55 bits per heavy atom. The summed E-state index contributed by atoms with van der Waals surface area (Å²) < 4.78 is 0. The van der Waals surface area contributed by atoms with Crippen molar-refractivity contribution in [2.75, 3.05) is 0 Å². The van der Waals surface area contributed by atoms with Crippen LogP contribution in [0.1, 0.15) is 44.7 Å². The molecule has 0 aromatic heterocycles. The Labute approximate surface area is 135 Å². The molecule has 0 N–H and O–H groups in total. The molecule has 0 saturated carbocycles. The Bertz CT molecular complexity index is 626. The van der Waals surface area contributed by atoms with Gasteiger partial charge in [-0.1, -0.05) is 74.5 Å². The minimum Gasteiger partial charge on any atom is -0.121 e. The van der Waals surface area contributed by atoms with E-state index in [1.54, 1.807) is 0 Å². The van der Waals surface area contributed by atoms with Gasteiger partial charge in [0.15, 0.2) is 0 Å². The smallest absolute Gasteiger partial charge is 0.0128 e. The fourth-order valence-corrected chi connectivity index (χ4v) is 2.74. The minimum absolute atomic E-state index is 0.303. The zero-order chi connectivity index (χ0) is 15.8. The Kier molecular flexibility index (Phi) is 5.81. The molecule has 0 aliphatic carbocycles. The van der Waals surface area contributed by atoms with Gasteiger partial charge in [0.1, 0.15) is 0 Å². The lowest BCUT2D eigenvalue weighted by molar-refractivity contribution is 0.332. The second kappa shape index (κ2) is 7.82. The second-order valence-corrected chi connectivity index (χ2v) is 6.81. The van der Waals surface area contributed by atoms with Gasteiger partial charge >= 0.3 is 0 Å². The first-order valence-corrected chi connectivity index (χ1v) is 8.06. The first kappa shape index (κ1) is 16.3. The number of allylic oxidation sites excluding steroid dienone is 1. The molecule has 0 heterocycles. The van der Waals surface area contributed by atoms with Crippen LogP contribution < -0.4 is 0 Å². The van der Waals surface area contributed by atoms with E-state index in [2.05, 4.69) is 87.2 Å². The molecule has 0 aliphatic rings. The number of benzene rings is 2. The lowest BCUT2D eigenvalue weighted by Gasteiger charge is -2.24. The molecule has 0 atom stereocenters. The highest BCUT2D eigenvalue weighted by molar-refractivity contribution is 5.48. The van der Waals surface area contributed by atoms with Gasteiger partial charge in [-0.2, -0.15) is 0 Å². The van der Waals surface area contributed by atoms with Crippen LogP contribution in [-0.2, 0) is 6.42 Å². The normalized spacial score (nSPS) is 10.9. The van der Waals surface area contributed by atoms with Crippen molar-refractivity contribution in [3.8, 4) is 0 Å². The lowest BCUT2D eigenvalue weighted by Crippen LogP contribution is -2.12. The molecule has 0 saturated heterocycles. The molecule has 0 bridgehead atoms. The highest BCUT2D eigenvalue weighted by atomic mass is 14.2. The van der Waals surface area contributed by atoms with Crippen LogP contribution in [0.2, 0.25) is 0 Å². The lowest BCUT2D eigenvalue weighted by atomic mass is 9.81. The molecule has 0 radical (unpaired) electrons. The first-order valence-electron chi connectivity index (χ1n) is 8.06. The Morgan fingerprint density at radius 1 is 0.955 bits per heavy atom. The number of hydrogen-bond donors (Lipinski definition) is 0. The Hall–Kier alpha value is -2.04. The van der Waals surface area contributed by atoms with Crippen LogP contribution in [0.5, 0.6) is 0 Å². The molecule has 0 nitrogen and oxygen atoms in total. The fourth-order valence-electron chi connectivity index (χ4n) is 2.74. The van der Waals surface area contributed by atoms with Crippen molar-refractivity contribution in [1.82, 2.24) is 0 Å². The van der Waals surface area contributed by atoms with Crippen LogP contribution in [-0.4, -0.2) is 0 Å². The number of hydrogen-bond acceptors (Lipinski definition) is 0. The maximum absolute atomic E-state index is 3.44. The van der Waals surface area contributed by atoms with Crippen molar-refractivity contribution < 1.29 is 0 Å². The van der Waals surface area contributed by atoms with Gasteiger partial charge in [-0.15, -0.1) is 5.73 Å². The van der Waals surface area contributed by atoms with Crippen LogP contribution in [0.3, 0.4) is 0 Å². The molecule has 0 spiro atoms. The zero-order valence-corrected chi connectivity index (χ0v) is 14.0.